The number of hydrogen-bond donors (Lipinski definition) is 8. The molecule has 8 N–H and O–H groups in total. The molecule has 32 heavy (non-hydrogen) atoms. The minimum Gasteiger partial charge on any atom is -0.508 e. The minimum absolute atomic E-state index is 0.00324. The van der Waals surface area contributed by atoms with E-state index in [9.17, 15) is 45.6 Å². The van der Waals surface area contributed by atoms with Crippen LogP contribution in [0.5, 0.6) is 46.0 Å². The van der Waals surface area contributed by atoms with E-state index in [1.165, 1.54) is 24.3 Å². The molecular weight excluding hydrogens is 424 g/mol. The van der Waals surface area contributed by atoms with Crippen LogP contribution in [0.4, 0.5) is 0 Å². The number of phenolic OH excluding ortho intramolecular Hbond substituents is 7. The number of aromatic hydroxyl groups is 7. The first-order chi connectivity index (χ1) is 15.1. The summed E-state index contributed by atoms with van der Waals surface area (Å²) in [6.07, 6.45) is -0.00206. The number of ether oxygens (including phenoxy) is 1. The average molecular weight is 442 g/mol. The Labute approximate surface area is 180 Å². The summed E-state index contributed by atoms with van der Waals surface area (Å²) in [6, 6.07) is 5.79. The van der Waals surface area contributed by atoms with Crippen LogP contribution in [-0.4, -0.2) is 46.8 Å². The lowest BCUT2D eigenvalue weighted by Crippen LogP contribution is -2.15. The first kappa shape index (κ1) is 20.8. The van der Waals surface area contributed by atoms with Crippen molar-refractivity contribution in [1.29, 1.82) is 0 Å². The number of carboxylic acids is 1. The zero-order chi connectivity index (χ0) is 23.3. The van der Waals surface area contributed by atoms with Crippen molar-refractivity contribution in [1.82, 2.24) is 0 Å². The van der Waals surface area contributed by atoms with Crippen LogP contribution < -0.4 is 4.74 Å². The van der Waals surface area contributed by atoms with Crippen LogP contribution in [0.3, 0.4) is 0 Å². The second-order valence-corrected chi connectivity index (χ2v) is 7.35. The summed E-state index contributed by atoms with van der Waals surface area (Å²) in [5, 5.41) is 78.9. The molecule has 0 radical (unpaired) electrons. The SMILES string of the molecule is O=C(O)c1cc(O)c(O)c(O)c1-c1cc(O)c2c(c1)OC(c1cc(O)c(O)c(O)c1)CC2. The largest absolute Gasteiger partial charge is 0.508 e. The van der Waals surface area contributed by atoms with Gasteiger partial charge in [0, 0.05) is 11.1 Å². The van der Waals surface area contributed by atoms with E-state index >= 15 is 0 Å². The Morgan fingerprint density at radius 3 is 2.03 bits per heavy atom. The molecule has 0 saturated heterocycles. The third kappa shape index (κ3) is 3.27. The molecule has 0 amide bonds. The van der Waals surface area contributed by atoms with Crippen molar-refractivity contribution in [2.75, 3.05) is 0 Å². The summed E-state index contributed by atoms with van der Waals surface area (Å²) >= 11 is 0. The summed E-state index contributed by atoms with van der Waals surface area (Å²) in [7, 11) is 0. The molecule has 10 heteroatoms. The van der Waals surface area contributed by atoms with Gasteiger partial charge in [-0.25, -0.2) is 4.79 Å². The third-order valence-corrected chi connectivity index (χ3v) is 5.35. The molecule has 1 aliphatic heterocycles. The lowest BCUT2D eigenvalue weighted by Gasteiger charge is -2.28. The van der Waals surface area contributed by atoms with Crippen molar-refractivity contribution in [3.63, 3.8) is 0 Å². The molecule has 3 aromatic rings. The maximum atomic E-state index is 11.6. The molecule has 0 fully saturated rings. The maximum Gasteiger partial charge on any atom is 0.336 e. The van der Waals surface area contributed by atoms with E-state index in [1.54, 1.807) is 0 Å². The summed E-state index contributed by atoms with van der Waals surface area (Å²) < 4.78 is 5.90. The van der Waals surface area contributed by atoms with E-state index in [-0.39, 0.29) is 22.6 Å². The molecule has 0 saturated carbocycles. The molecule has 1 atom stereocenters. The molecule has 4 rings (SSSR count). The lowest BCUT2D eigenvalue weighted by molar-refractivity contribution is 0.0696. The number of rotatable bonds is 3. The molecule has 0 bridgehead atoms. The highest BCUT2D eigenvalue weighted by Crippen LogP contribution is 2.49. The van der Waals surface area contributed by atoms with Crippen LogP contribution in [-0.2, 0) is 6.42 Å². The Balaban J connectivity index is 1.82. The second kappa shape index (κ2) is 7.34. The predicted molar refractivity (Wildman–Crippen MR) is 109 cm³/mol. The number of carboxylic acid groups (broad SMARTS) is 1. The van der Waals surface area contributed by atoms with Crippen molar-refractivity contribution < 1.29 is 50.4 Å². The molecule has 1 unspecified atom stereocenters. The van der Waals surface area contributed by atoms with Crippen LogP contribution in [0.25, 0.3) is 11.1 Å². The monoisotopic (exact) mass is 442 g/mol. The molecule has 0 aromatic heterocycles. The molecule has 166 valence electrons. The van der Waals surface area contributed by atoms with Crippen molar-refractivity contribution in [3.05, 3.63) is 47.0 Å². The van der Waals surface area contributed by atoms with Gasteiger partial charge in [0.25, 0.3) is 0 Å². The lowest BCUT2D eigenvalue weighted by atomic mass is 9.92. The first-order valence-electron chi connectivity index (χ1n) is 9.37. The fourth-order valence-corrected chi connectivity index (χ4v) is 3.77. The molecule has 0 aliphatic carbocycles. The van der Waals surface area contributed by atoms with Gasteiger partial charge in [0.1, 0.15) is 17.6 Å². The number of phenols is 7. The van der Waals surface area contributed by atoms with Gasteiger partial charge in [0.05, 0.1) is 5.56 Å². The average Bonchev–Trinajstić information content (AvgIpc) is 2.74. The molecule has 1 aliphatic rings. The summed E-state index contributed by atoms with van der Waals surface area (Å²) in [5.74, 6) is -5.97. The van der Waals surface area contributed by atoms with Gasteiger partial charge in [0.2, 0.25) is 5.75 Å². The van der Waals surface area contributed by atoms with E-state index < -0.39 is 52.1 Å². The maximum absolute atomic E-state index is 11.6. The summed E-state index contributed by atoms with van der Waals surface area (Å²) in [4.78, 5) is 11.6. The molecule has 3 aromatic carbocycles. The minimum atomic E-state index is -1.49. The number of hydrogen-bond acceptors (Lipinski definition) is 9. The van der Waals surface area contributed by atoms with E-state index in [2.05, 4.69) is 0 Å². The molecule has 1 heterocycles. The highest BCUT2D eigenvalue weighted by Gasteiger charge is 2.28. The van der Waals surface area contributed by atoms with Crippen molar-refractivity contribution in [2.45, 2.75) is 18.9 Å². The zero-order valence-corrected chi connectivity index (χ0v) is 16.3. The van der Waals surface area contributed by atoms with E-state index in [0.29, 0.717) is 24.0 Å². The zero-order valence-electron chi connectivity index (χ0n) is 16.3. The Morgan fingerprint density at radius 1 is 0.781 bits per heavy atom. The highest BCUT2D eigenvalue weighted by atomic mass is 16.5. The Bertz CT molecular complexity index is 1240. The van der Waals surface area contributed by atoms with Crippen LogP contribution in [0, 0.1) is 0 Å². The van der Waals surface area contributed by atoms with Gasteiger partial charge in [-0.2, -0.15) is 0 Å². The molecule has 10 nitrogen and oxygen atoms in total. The summed E-state index contributed by atoms with van der Waals surface area (Å²) in [6.45, 7) is 0. The standard InChI is InChI=1S/C22H18O10/c23-12-5-9(18-11(22(30)31)7-15(26)20(28)21(18)29)6-17-10(12)1-2-16(32-17)8-3-13(24)19(27)14(25)4-8/h3-7,16,23-29H,1-2H2,(H,30,31). The third-order valence-electron chi connectivity index (χ3n) is 5.35. The van der Waals surface area contributed by atoms with E-state index in [1.807, 2.05) is 0 Å². The fraction of sp³-hybridized carbons (Fsp3) is 0.136. The van der Waals surface area contributed by atoms with Gasteiger partial charge in [0.15, 0.2) is 28.7 Å². The smallest absolute Gasteiger partial charge is 0.336 e. The number of benzene rings is 3. The van der Waals surface area contributed by atoms with E-state index in [0.717, 1.165) is 6.07 Å². The van der Waals surface area contributed by atoms with Gasteiger partial charge >= 0.3 is 5.97 Å². The normalized spacial score (nSPS) is 15.1. The van der Waals surface area contributed by atoms with Crippen LogP contribution in [0.1, 0.15) is 34.0 Å². The van der Waals surface area contributed by atoms with Crippen LogP contribution in [0.2, 0.25) is 0 Å². The quantitative estimate of drug-likeness (QED) is 0.280. The van der Waals surface area contributed by atoms with Crippen molar-refractivity contribution in [2.24, 2.45) is 0 Å². The predicted octanol–water partition coefficient (Wildman–Crippen LogP) is 3.06. The number of fused-ring (bicyclic) bond motifs is 1. The van der Waals surface area contributed by atoms with Gasteiger partial charge in [-0.3, -0.25) is 0 Å². The van der Waals surface area contributed by atoms with Crippen LogP contribution in [0.15, 0.2) is 30.3 Å². The second-order valence-electron chi connectivity index (χ2n) is 7.35. The van der Waals surface area contributed by atoms with Gasteiger partial charge in [-0.05, 0) is 54.3 Å². The topological polar surface area (TPSA) is 188 Å². The Hall–Kier alpha value is -4.47. The number of carbonyl (C=O) groups is 1. The van der Waals surface area contributed by atoms with Gasteiger partial charge in [-0.15, -0.1) is 0 Å². The van der Waals surface area contributed by atoms with Crippen LogP contribution >= 0.6 is 0 Å². The Morgan fingerprint density at radius 2 is 1.41 bits per heavy atom. The summed E-state index contributed by atoms with van der Waals surface area (Å²) in [5.41, 5.74) is -0.0841. The Kier molecular flexibility index (Phi) is 4.77. The number of aromatic carboxylic acids is 1. The first-order valence-corrected chi connectivity index (χ1v) is 9.37. The van der Waals surface area contributed by atoms with Crippen molar-refractivity contribution in [3.8, 4) is 57.1 Å². The van der Waals surface area contributed by atoms with Gasteiger partial charge < -0.3 is 45.6 Å². The van der Waals surface area contributed by atoms with Crippen molar-refractivity contribution >= 4 is 5.97 Å². The van der Waals surface area contributed by atoms with E-state index in [4.69, 9.17) is 4.74 Å². The van der Waals surface area contributed by atoms with Gasteiger partial charge in [-0.1, -0.05) is 0 Å². The fourth-order valence-electron chi connectivity index (χ4n) is 3.77. The molecule has 0 spiro atoms. The highest BCUT2D eigenvalue weighted by molar-refractivity contribution is 6.00. The molecular formula is C22H18O10.